The number of aromatic nitrogens is 1. The Labute approximate surface area is 209 Å². The van der Waals surface area contributed by atoms with Gasteiger partial charge < -0.3 is 19.9 Å². The maximum Gasteiger partial charge on any atom is 0.305 e. The van der Waals surface area contributed by atoms with Crippen molar-refractivity contribution in [2.24, 2.45) is 11.7 Å². The summed E-state index contributed by atoms with van der Waals surface area (Å²) in [7, 11) is 0. The predicted molar refractivity (Wildman–Crippen MR) is 132 cm³/mol. The molecule has 0 bridgehead atoms. The maximum absolute atomic E-state index is 11.5. The van der Waals surface area contributed by atoms with Gasteiger partial charge in [-0.15, -0.1) is 0 Å². The van der Waals surface area contributed by atoms with E-state index < -0.39 is 11.9 Å². The molecular weight excluding hydrogens is 504 g/mol. The Balaban J connectivity index is 0.000000342. The molecule has 0 fully saturated rings. The van der Waals surface area contributed by atoms with Gasteiger partial charge in [0, 0.05) is 25.5 Å². The van der Waals surface area contributed by atoms with Crippen molar-refractivity contribution in [3.63, 3.8) is 0 Å². The number of pyridine rings is 1. The average Bonchev–Trinajstić information content (AvgIpc) is 2.79. The first-order chi connectivity index (χ1) is 16.1. The SMILES string of the molecule is CC(=O)OCOc1c(Br)ccnc1C(N)=O.CCC(=O)OC(CC(C)C)C(C)c1ccccc1. The number of ether oxygens (including phenoxy) is 3. The standard InChI is InChI=1S/C16H24O2.C9H9BrN2O4/c1-5-16(17)18-15(11-12(2)3)13(4)14-9-7-6-8-10-14;1-5(13)15-4-16-8-6(10)2-3-12-7(8)9(11)14/h6-10,12-13,15H,5,11H2,1-4H3;2-3H,4H2,1H3,(H2,11,14). The molecule has 1 aromatic heterocycles. The maximum atomic E-state index is 11.5. The van der Waals surface area contributed by atoms with Crippen LogP contribution >= 0.6 is 15.9 Å². The second-order valence-corrected chi connectivity index (χ2v) is 8.80. The summed E-state index contributed by atoms with van der Waals surface area (Å²) < 4.78 is 15.8. The van der Waals surface area contributed by atoms with Gasteiger partial charge in [0.15, 0.2) is 11.4 Å². The van der Waals surface area contributed by atoms with Gasteiger partial charge in [0.2, 0.25) is 6.79 Å². The number of amides is 1. The molecule has 0 saturated carbocycles. The van der Waals surface area contributed by atoms with Gasteiger partial charge in [-0.3, -0.25) is 14.4 Å². The summed E-state index contributed by atoms with van der Waals surface area (Å²) in [4.78, 5) is 36.8. The number of rotatable bonds is 10. The van der Waals surface area contributed by atoms with Crippen molar-refractivity contribution in [2.45, 2.75) is 59.5 Å². The second kappa shape index (κ2) is 15.1. The average molecular weight is 537 g/mol. The topological polar surface area (TPSA) is 118 Å². The quantitative estimate of drug-likeness (QED) is 0.335. The molecule has 1 aromatic carbocycles. The van der Waals surface area contributed by atoms with Crippen molar-refractivity contribution in [1.82, 2.24) is 4.98 Å². The molecule has 1 heterocycles. The van der Waals surface area contributed by atoms with Crippen molar-refractivity contribution in [2.75, 3.05) is 6.79 Å². The number of hydrogen-bond acceptors (Lipinski definition) is 7. The van der Waals surface area contributed by atoms with E-state index in [1.807, 2.05) is 25.1 Å². The first-order valence-electron chi connectivity index (χ1n) is 11.0. The highest BCUT2D eigenvalue weighted by atomic mass is 79.9. The summed E-state index contributed by atoms with van der Waals surface area (Å²) in [5, 5.41) is 0. The van der Waals surface area contributed by atoms with Crippen LogP contribution in [0.2, 0.25) is 0 Å². The minimum atomic E-state index is -0.723. The largest absolute Gasteiger partial charge is 0.462 e. The lowest BCUT2D eigenvalue weighted by atomic mass is 9.90. The number of esters is 2. The third-order valence-electron chi connectivity index (χ3n) is 4.71. The van der Waals surface area contributed by atoms with Crippen LogP contribution in [0.5, 0.6) is 5.75 Å². The molecule has 9 heteroatoms. The van der Waals surface area contributed by atoms with Crippen molar-refractivity contribution in [3.05, 3.63) is 58.3 Å². The third kappa shape index (κ3) is 10.3. The molecule has 0 aliphatic rings. The van der Waals surface area contributed by atoms with Crippen LogP contribution in [0.1, 0.15) is 69.4 Å². The minimum Gasteiger partial charge on any atom is -0.462 e. The Hall–Kier alpha value is -2.94. The molecule has 0 aliphatic heterocycles. The van der Waals surface area contributed by atoms with E-state index in [0.29, 0.717) is 16.8 Å². The van der Waals surface area contributed by atoms with E-state index >= 15 is 0 Å². The summed E-state index contributed by atoms with van der Waals surface area (Å²) in [5.41, 5.74) is 6.31. The van der Waals surface area contributed by atoms with Crippen molar-refractivity contribution in [3.8, 4) is 5.75 Å². The summed E-state index contributed by atoms with van der Waals surface area (Å²) in [6.07, 6.45) is 2.72. The Morgan fingerprint density at radius 2 is 1.74 bits per heavy atom. The molecule has 0 radical (unpaired) electrons. The number of carbonyl (C=O) groups is 3. The molecular formula is C25H33BrN2O6. The molecule has 0 spiro atoms. The number of nitrogens with two attached hydrogens (primary N) is 1. The van der Waals surface area contributed by atoms with Gasteiger partial charge in [0.1, 0.15) is 6.10 Å². The van der Waals surface area contributed by atoms with Gasteiger partial charge in [0.25, 0.3) is 5.91 Å². The fraction of sp³-hybridized carbons (Fsp3) is 0.440. The van der Waals surface area contributed by atoms with E-state index in [4.69, 9.17) is 15.2 Å². The molecule has 0 saturated heterocycles. The molecule has 2 atom stereocenters. The fourth-order valence-corrected chi connectivity index (χ4v) is 3.37. The van der Waals surface area contributed by atoms with Gasteiger partial charge in [-0.25, -0.2) is 4.98 Å². The van der Waals surface area contributed by atoms with Crippen LogP contribution < -0.4 is 10.5 Å². The van der Waals surface area contributed by atoms with Gasteiger partial charge in [-0.1, -0.05) is 58.0 Å². The minimum absolute atomic E-state index is 0.0264. The van der Waals surface area contributed by atoms with Gasteiger partial charge in [-0.05, 0) is 39.9 Å². The lowest BCUT2D eigenvalue weighted by molar-refractivity contribution is -0.150. The van der Waals surface area contributed by atoms with Crippen LogP contribution in [-0.4, -0.2) is 35.7 Å². The zero-order valence-corrected chi connectivity index (χ0v) is 21.8. The molecule has 186 valence electrons. The summed E-state index contributed by atoms with van der Waals surface area (Å²) in [6.45, 7) is 9.22. The molecule has 2 unspecified atom stereocenters. The van der Waals surface area contributed by atoms with E-state index in [-0.39, 0.29) is 36.2 Å². The molecule has 0 aliphatic carbocycles. The lowest BCUT2D eigenvalue weighted by Crippen LogP contribution is -2.25. The normalized spacial score (nSPS) is 12.1. The number of primary amides is 1. The number of nitrogens with zero attached hydrogens (tertiary/aromatic N) is 1. The van der Waals surface area contributed by atoms with E-state index in [1.54, 1.807) is 6.07 Å². The molecule has 8 nitrogen and oxygen atoms in total. The third-order valence-corrected chi connectivity index (χ3v) is 5.34. The lowest BCUT2D eigenvalue weighted by Gasteiger charge is -2.26. The van der Waals surface area contributed by atoms with Gasteiger partial charge >= 0.3 is 11.9 Å². The highest BCUT2D eigenvalue weighted by molar-refractivity contribution is 9.10. The van der Waals surface area contributed by atoms with Crippen molar-refractivity contribution in [1.29, 1.82) is 0 Å². The number of halogens is 1. The first-order valence-corrected chi connectivity index (χ1v) is 11.8. The Bertz CT molecular complexity index is 936. The summed E-state index contributed by atoms with van der Waals surface area (Å²) >= 11 is 3.17. The Morgan fingerprint density at radius 1 is 1.09 bits per heavy atom. The molecule has 2 aromatic rings. The Kier molecular flexibility index (Phi) is 12.9. The number of carbonyl (C=O) groups excluding carboxylic acids is 3. The fourth-order valence-electron chi connectivity index (χ4n) is 2.95. The molecule has 2 rings (SSSR count). The van der Waals surface area contributed by atoms with Crippen LogP contribution in [0.3, 0.4) is 0 Å². The highest BCUT2D eigenvalue weighted by Crippen LogP contribution is 2.27. The van der Waals surface area contributed by atoms with E-state index in [2.05, 4.69) is 58.6 Å². The van der Waals surface area contributed by atoms with Crippen LogP contribution in [0, 0.1) is 5.92 Å². The van der Waals surface area contributed by atoms with Crippen LogP contribution in [0.4, 0.5) is 0 Å². The van der Waals surface area contributed by atoms with Crippen molar-refractivity contribution < 1.29 is 28.6 Å². The zero-order chi connectivity index (χ0) is 25.7. The van der Waals surface area contributed by atoms with E-state index in [0.717, 1.165) is 6.42 Å². The summed E-state index contributed by atoms with van der Waals surface area (Å²) in [5.74, 6) is -0.408. The van der Waals surface area contributed by atoms with Crippen LogP contribution in [-0.2, 0) is 19.1 Å². The van der Waals surface area contributed by atoms with E-state index in [9.17, 15) is 14.4 Å². The van der Waals surface area contributed by atoms with Crippen molar-refractivity contribution >= 4 is 33.8 Å². The van der Waals surface area contributed by atoms with Crippen LogP contribution in [0.25, 0.3) is 0 Å². The first kappa shape index (κ1) is 29.1. The highest BCUT2D eigenvalue weighted by Gasteiger charge is 2.23. The van der Waals surface area contributed by atoms with Crippen LogP contribution in [0.15, 0.2) is 47.1 Å². The second-order valence-electron chi connectivity index (χ2n) is 7.94. The Morgan fingerprint density at radius 3 is 2.26 bits per heavy atom. The molecule has 1 amide bonds. The molecule has 34 heavy (non-hydrogen) atoms. The number of hydrogen-bond donors (Lipinski definition) is 1. The smallest absolute Gasteiger partial charge is 0.305 e. The summed E-state index contributed by atoms with van der Waals surface area (Å²) in [6, 6.07) is 11.8. The van der Waals surface area contributed by atoms with E-state index in [1.165, 1.54) is 18.7 Å². The zero-order valence-electron chi connectivity index (χ0n) is 20.2. The monoisotopic (exact) mass is 536 g/mol. The van der Waals surface area contributed by atoms with Gasteiger partial charge in [0.05, 0.1) is 4.47 Å². The predicted octanol–water partition coefficient (Wildman–Crippen LogP) is 5.00. The van der Waals surface area contributed by atoms with Gasteiger partial charge in [-0.2, -0.15) is 0 Å². The number of benzene rings is 1. The molecule has 2 N–H and O–H groups in total.